The highest BCUT2D eigenvalue weighted by molar-refractivity contribution is 7.89. The van der Waals surface area contributed by atoms with Gasteiger partial charge in [0.25, 0.3) is 10.0 Å². The largest absolute Gasteiger partial charge is 0.444 e. The average Bonchev–Trinajstić information content (AvgIpc) is 3.69. The maximum absolute atomic E-state index is 14.1. The van der Waals surface area contributed by atoms with E-state index in [1.807, 2.05) is 30.3 Å². The number of imidazole rings is 1. The van der Waals surface area contributed by atoms with Crippen LogP contribution in [0.1, 0.15) is 52.0 Å². The molecule has 1 aliphatic heterocycles. The first kappa shape index (κ1) is 34.6. The van der Waals surface area contributed by atoms with Crippen molar-refractivity contribution in [2.75, 3.05) is 38.2 Å². The molecule has 14 nitrogen and oxygen atoms in total. The molecule has 1 aromatic heterocycles. The van der Waals surface area contributed by atoms with Crippen molar-refractivity contribution in [1.29, 1.82) is 0 Å². The Morgan fingerprint density at radius 1 is 1.13 bits per heavy atom. The lowest BCUT2D eigenvalue weighted by Crippen LogP contribution is -2.51. The summed E-state index contributed by atoms with van der Waals surface area (Å²) < 4.78 is 39.8. The Kier molecular flexibility index (Phi) is 11.0. The number of hydroxylamine groups is 1. The number of rotatable bonds is 11. The van der Waals surface area contributed by atoms with Gasteiger partial charge >= 0.3 is 12.1 Å². The third kappa shape index (κ3) is 9.41. The van der Waals surface area contributed by atoms with Crippen molar-refractivity contribution in [3.8, 4) is 0 Å². The number of urea groups is 1. The normalized spacial score (nSPS) is 17.5. The number of alkyl carbamates (subject to hydrolysis) is 1. The molecule has 0 bridgehead atoms. The van der Waals surface area contributed by atoms with Gasteiger partial charge in [-0.25, -0.2) is 23.0 Å². The van der Waals surface area contributed by atoms with E-state index in [2.05, 4.69) is 20.6 Å². The molecular formula is C32H44N6O8S. The van der Waals surface area contributed by atoms with E-state index in [1.54, 1.807) is 25.7 Å². The van der Waals surface area contributed by atoms with Crippen molar-refractivity contribution >= 4 is 39.1 Å². The molecule has 2 heterocycles. The number of nitrogens with zero attached hydrogens (tertiary/aromatic N) is 3. The van der Waals surface area contributed by atoms with E-state index in [4.69, 9.17) is 14.3 Å². The number of fused-ring (bicyclic) bond motifs is 1. The van der Waals surface area contributed by atoms with Gasteiger partial charge < -0.3 is 29.8 Å². The van der Waals surface area contributed by atoms with Crippen LogP contribution < -0.4 is 10.6 Å². The number of ether oxygens (including phenoxy) is 2. The Bertz CT molecular complexity index is 1620. The second-order valence-electron chi connectivity index (χ2n) is 12.8. The van der Waals surface area contributed by atoms with E-state index in [-0.39, 0.29) is 29.4 Å². The van der Waals surface area contributed by atoms with Gasteiger partial charge in [0, 0.05) is 13.1 Å². The smallest absolute Gasteiger partial charge is 0.407 e. The highest BCUT2D eigenvalue weighted by Gasteiger charge is 2.35. The molecule has 2 atom stereocenters. The number of aliphatic hydroxyl groups is 1. The lowest BCUT2D eigenvalue weighted by molar-refractivity contribution is -0.145. The summed E-state index contributed by atoms with van der Waals surface area (Å²) in [5.74, 6) is 0.178. The second-order valence-corrected chi connectivity index (χ2v) is 14.6. The molecule has 15 heteroatoms. The van der Waals surface area contributed by atoms with E-state index >= 15 is 0 Å². The van der Waals surface area contributed by atoms with Gasteiger partial charge in [0.1, 0.15) is 5.60 Å². The van der Waals surface area contributed by atoms with Crippen LogP contribution in [0.4, 0.5) is 15.5 Å². The molecule has 0 radical (unpaired) electrons. The second kappa shape index (κ2) is 15.0. The highest BCUT2D eigenvalue weighted by atomic mass is 32.2. The number of carbonyl (C=O) groups is 2. The number of H-pyrrole nitrogens is 1. The zero-order valence-corrected chi connectivity index (χ0v) is 27.8. The van der Waals surface area contributed by atoms with Crippen LogP contribution >= 0.6 is 0 Å². The fourth-order valence-electron chi connectivity index (χ4n) is 5.52. The van der Waals surface area contributed by atoms with Crippen LogP contribution in [0.25, 0.3) is 11.0 Å². The highest BCUT2D eigenvalue weighted by Crippen LogP contribution is 2.28. The number of benzene rings is 2. The molecule has 0 unspecified atom stereocenters. The summed E-state index contributed by atoms with van der Waals surface area (Å²) in [6.07, 6.45) is 0.934. The van der Waals surface area contributed by atoms with E-state index in [9.17, 15) is 23.1 Å². The fraction of sp³-hybridized carbons (Fsp3) is 0.531. The van der Waals surface area contributed by atoms with E-state index in [0.717, 1.165) is 22.9 Å². The van der Waals surface area contributed by atoms with Crippen molar-refractivity contribution in [3.63, 3.8) is 0 Å². The topological polar surface area (TPSA) is 175 Å². The number of aliphatic hydroxyl groups excluding tert-OH is 1. The first-order chi connectivity index (χ1) is 22.4. The Hall–Kier alpha value is -3.76. The van der Waals surface area contributed by atoms with E-state index in [1.165, 1.54) is 18.2 Å². The molecule has 1 aliphatic carbocycles. The molecule has 4 N–H and O–H groups in total. The summed E-state index contributed by atoms with van der Waals surface area (Å²) in [6.45, 7) is 6.56. The number of anilines is 1. The van der Waals surface area contributed by atoms with Gasteiger partial charge in [-0.2, -0.15) is 0 Å². The van der Waals surface area contributed by atoms with Crippen LogP contribution in [-0.2, 0) is 30.8 Å². The first-order valence-electron chi connectivity index (χ1n) is 15.9. The minimum Gasteiger partial charge on any atom is -0.444 e. The summed E-state index contributed by atoms with van der Waals surface area (Å²) >= 11 is 0. The quantitative estimate of drug-likeness (QED) is 0.221. The van der Waals surface area contributed by atoms with Crippen LogP contribution in [0.15, 0.2) is 53.4 Å². The van der Waals surface area contributed by atoms with Gasteiger partial charge in [-0.15, -0.1) is 0 Å². The number of aromatic amines is 1. The molecule has 3 amide bonds. The number of carbonyl (C=O) groups excluding carboxylic acids is 2. The Balaban J connectivity index is 1.38. The summed E-state index contributed by atoms with van der Waals surface area (Å²) in [5, 5.41) is 17.0. The zero-order valence-electron chi connectivity index (χ0n) is 27.0. The Morgan fingerprint density at radius 2 is 1.83 bits per heavy atom. The van der Waals surface area contributed by atoms with Crippen LogP contribution in [0, 0.1) is 0 Å². The van der Waals surface area contributed by atoms with E-state index < -0.39 is 40.4 Å². The first-order valence-corrected chi connectivity index (χ1v) is 17.4. The number of hydrogen-bond donors (Lipinski definition) is 4. The molecule has 5 rings (SSSR count). The number of morpholine rings is 1. The van der Waals surface area contributed by atoms with Crippen LogP contribution in [0.3, 0.4) is 0 Å². The third-order valence-electron chi connectivity index (χ3n) is 7.91. The lowest BCUT2D eigenvalue weighted by Gasteiger charge is -2.31. The van der Waals surface area contributed by atoms with Gasteiger partial charge in [-0.3, -0.25) is 10.2 Å². The molecule has 1 saturated heterocycles. The van der Waals surface area contributed by atoms with Gasteiger partial charge in [-0.05, 0) is 63.8 Å². The molecule has 2 aliphatic rings. The maximum Gasteiger partial charge on any atom is 0.407 e. The van der Waals surface area contributed by atoms with Crippen molar-refractivity contribution in [2.45, 2.75) is 81.6 Å². The molecular weight excluding hydrogens is 628 g/mol. The molecule has 1 saturated carbocycles. The Labute approximate surface area is 274 Å². The molecule has 256 valence electrons. The van der Waals surface area contributed by atoms with Crippen molar-refractivity contribution in [1.82, 2.24) is 24.7 Å². The van der Waals surface area contributed by atoms with Gasteiger partial charge in [0.05, 0.1) is 53.9 Å². The number of aromatic nitrogens is 2. The number of nitrogens with one attached hydrogen (secondary N) is 3. The Morgan fingerprint density at radius 3 is 2.51 bits per heavy atom. The van der Waals surface area contributed by atoms with Crippen LogP contribution in [0.5, 0.6) is 0 Å². The van der Waals surface area contributed by atoms with Crippen LogP contribution in [-0.4, -0.2) is 102 Å². The monoisotopic (exact) mass is 672 g/mol. The van der Waals surface area contributed by atoms with Crippen molar-refractivity contribution < 1.29 is 37.4 Å². The van der Waals surface area contributed by atoms with Gasteiger partial charge in [0.15, 0.2) is 0 Å². The zero-order chi connectivity index (χ0) is 33.6. The summed E-state index contributed by atoms with van der Waals surface area (Å²) in [7, 11) is -4.32. The predicted octanol–water partition coefficient (Wildman–Crippen LogP) is 3.79. The molecule has 0 spiro atoms. The van der Waals surface area contributed by atoms with E-state index in [0.29, 0.717) is 50.2 Å². The lowest BCUT2D eigenvalue weighted by atomic mass is 10.0. The van der Waals surface area contributed by atoms with Gasteiger partial charge in [-0.1, -0.05) is 47.6 Å². The predicted molar refractivity (Wildman–Crippen MR) is 174 cm³/mol. The van der Waals surface area contributed by atoms with Crippen LogP contribution in [0.2, 0.25) is 0 Å². The summed E-state index contributed by atoms with van der Waals surface area (Å²) in [4.78, 5) is 40.4. The summed E-state index contributed by atoms with van der Waals surface area (Å²) in [5.41, 5.74) is 0.899. The van der Waals surface area contributed by atoms with Crippen molar-refractivity contribution in [2.24, 2.45) is 0 Å². The fourth-order valence-corrected chi connectivity index (χ4v) is 6.85. The average molecular weight is 673 g/mol. The number of hydrogen-bond acceptors (Lipinski definition) is 9. The SMILES string of the molecule is CC(C)(C)OC(=O)N[C@@H](Cc1ccccc1)[C@@H](O)CN(OC1CCCC1)S(=O)(=O)c1ccc2nc(NC(=O)N3CCOCC3)[nH]c2c1. The number of amides is 3. The minimum atomic E-state index is -4.32. The molecule has 3 aromatic rings. The molecule has 2 aromatic carbocycles. The van der Waals surface area contributed by atoms with Gasteiger partial charge in [0.2, 0.25) is 5.95 Å². The van der Waals surface area contributed by atoms with Crippen molar-refractivity contribution in [3.05, 3.63) is 54.1 Å². The standard InChI is InChI=1S/C32H44N6O8S/c1-32(2,3)45-31(41)35-27(19-22-9-5-4-6-10-22)28(39)21-38(46-23-11-7-8-12-23)47(42,43)24-13-14-25-26(20-24)34-29(33-25)36-30(40)37-15-17-44-18-16-37/h4-6,9-10,13-14,20,23,27-28,39H,7-8,11-12,15-19,21H2,1-3H3,(H,35,41)(H2,33,34,36,40)/t27-,28-/m0/s1. The third-order valence-corrected chi connectivity index (χ3v) is 9.53. The maximum atomic E-state index is 14.1. The molecule has 47 heavy (non-hydrogen) atoms. The molecule has 2 fully saturated rings. The number of sulfonamides is 1. The minimum absolute atomic E-state index is 0.0930. The summed E-state index contributed by atoms with van der Waals surface area (Å²) in [6, 6.07) is 12.4.